The van der Waals surface area contributed by atoms with Crippen LogP contribution in [0, 0.1) is 11.3 Å². The van der Waals surface area contributed by atoms with E-state index in [9.17, 15) is 10.1 Å². The van der Waals surface area contributed by atoms with Crippen LogP contribution < -0.4 is 4.90 Å². The van der Waals surface area contributed by atoms with Crippen molar-refractivity contribution in [2.24, 2.45) is 0 Å². The van der Waals surface area contributed by atoms with Crippen LogP contribution in [-0.2, 0) is 4.74 Å². The number of amides is 1. The summed E-state index contributed by atoms with van der Waals surface area (Å²) in [6.45, 7) is 7.67. The summed E-state index contributed by atoms with van der Waals surface area (Å²) in [5.41, 5.74) is 3.19. The van der Waals surface area contributed by atoms with Crippen molar-refractivity contribution in [2.45, 2.75) is 19.1 Å². The summed E-state index contributed by atoms with van der Waals surface area (Å²) in [6, 6.07) is 19.6. The summed E-state index contributed by atoms with van der Waals surface area (Å²) in [4.78, 5) is 23.9. The van der Waals surface area contributed by atoms with Gasteiger partial charge in [-0.3, -0.25) is 14.7 Å². The number of carbonyl (C=O) groups excluding carboxylic acids is 1. The van der Waals surface area contributed by atoms with Crippen molar-refractivity contribution in [3.8, 4) is 6.07 Å². The number of hydrogen-bond donors (Lipinski definition) is 0. The molecule has 0 N–H and O–H groups in total. The molecular weight excluding hydrogens is 426 g/mol. The number of rotatable bonds is 4. The van der Waals surface area contributed by atoms with Gasteiger partial charge in [0.15, 0.2) is 0 Å². The lowest BCUT2D eigenvalue weighted by Crippen LogP contribution is -2.55. The second kappa shape index (κ2) is 9.80. The third-order valence-electron chi connectivity index (χ3n) is 6.68. The first-order valence-corrected chi connectivity index (χ1v) is 11.9. The third-order valence-corrected chi connectivity index (χ3v) is 6.68. The largest absolute Gasteiger partial charge is 0.370 e. The highest BCUT2D eigenvalue weighted by Gasteiger charge is 2.30. The molecule has 2 aromatic carbocycles. The Bertz CT molecular complexity index is 1200. The molecule has 3 heterocycles. The Morgan fingerprint density at radius 3 is 2.62 bits per heavy atom. The molecule has 0 radical (unpaired) electrons. The maximum absolute atomic E-state index is 12.7. The topological polar surface area (TPSA) is 72.7 Å². The number of nitriles is 1. The van der Waals surface area contributed by atoms with Crippen LogP contribution >= 0.6 is 0 Å². The van der Waals surface area contributed by atoms with Crippen molar-refractivity contribution in [3.05, 3.63) is 71.9 Å². The average Bonchev–Trinajstić information content (AvgIpc) is 2.88. The van der Waals surface area contributed by atoms with Crippen LogP contribution in [0.25, 0.3) is 10.9 Å². The molecule has 34 heavy (non-hydrogen) atoms. The molecule has 3 aromatic rings. The molecule has 2 aliphatic heterocycles. The number of anilines is 1. The standard InChI is InChI=1S/C27H29N5O2/c1-20-17-32(25-10-9-22(16-28)26-24(25)8-5-11-29-26)19-23(34-20)18-30-12-14-31(15-13-30)27(33)21-6-3-2-4-7-21/h2-11,20,23H,12-15,17-19H2,1H3/t20-,23+/m1/s1. The second-order valence-electron chi connectivity index (χ2n) is 9.08. The highest BCUT2D eigenvalue weighted by Crippen LogP contribution is 2.30. The fraction of sp³-hybridized carbons (Fsp3) is 0.370. The quantitative estimate of drug-likeness (QED) is 0.602. The van der Waals surface area contributed by atoms with Crippen molar-refractivity contribution in [1.82, 2.24) is 14.8 Å². The van der Waals surface area contributed by atoms with Crippen molar-refractivity contribution in [1.29, 1.82) is 5.26 Å². The molecule has 1 amide bonds. The summed E-state index contributed by atoms with van der Waals surface area (Å²) in [6.07, 6.45) is 1.91. The minimum atomic E-state index is 0.0717. The Hall–Kier alpha value is -3.47. The van der Waals surface area contributed by atoms with E-state index >= 15 is 0 Å². The van der Waals surface area contributed by atoms with E-state index in [1.807, 2.05) is 59.5 Å². The van der Waals surface area contributed by atoms with Gasteiger partial charge in [-0.15, -0.1) is 0 Å². The van der Waals surface area contributed by atoms with Crippen LogP contribution in [0.5, 0.6) is 0 Å². The smallest absolute Gasteiger partial charge is 0.253 e. The first-order valence-electron chi connectivity index (χ1n) is 11.9. The Kier molecular flexibility index (Phi) is 6.43. The molecule has 0 unspecified atom stereocenters. The van der Waals surface area contributed by atoms with Gasteiger partial charge < -0.3 is 14.5 Å². The van der Waals surface area contributed by atoms with Gasteiger partial charge in [0.05, 0.1) is 23.3 Å². The molecule has 5 rings (SSSR count). The lowest BCUT2D eigenvalue weighted by molar-refractivity contribution is -0.0368. The first kappa shape index (κ1) is 22.3. The molecule has 7 nitrogen and oxygen atoms in total. The van der Waals surface area contributed by atoms with Crippen molar-refractivity contribution in [2.75, 3.05) is 50.7 Å². The fourth-order valence-electron chi connectivity index (χ4n) is 5.05. The summed E-state index contributed by atoms with van der Waals surface area (Å²) < 4.78 is 6.31. The number of piperazine rings is 1. The van der Waals surface area contributed by atoms with Gasteiger partial charge in [-0.25, -0.2) is 0 Å². The molecular formula is C27H29N5O2. The second-order valence-corrected chi connectivity index (χ2v) is 9.08. The third kappa shape index (κ3) is 4.60. The molecule has 0 spiro atoms. The van der Waals surface area contributed by atoms with E-state index in [4.69, 9.17) is 4.74 Å². The van der Waals surface area contributed by atoms with E-state index in [0.717, 1.165) is 68.0 Å². The number of nitrogens with zero attached hydrogens (tertiary/aromatic N) is 5. The summed E-state index contributed by atoms with van der Waals surface area (Å²) in [7, 11) is 0. The first-order chi connectivity index (χ1) is 16.6. The molecule has 2 saturated heterocycles. The van der Waals surface area contributed by atoms with Gasteiger partial charge in [-0.1, -0.05) is 18.2 Å². The molecule has 174 valence electrons. The number of pyridine rings is 1. The van der Waals surface area contributed by atoms with Gasteiger partial charge >= 0.3 is 0 Å². The molecule has 2 aliphatic rings. The van der Waals surface area contributed by atoms with Crippen LogP contribution in [0.4, 0.5) is 5.69 Å². The molecule has 0 saturated carbocycles. The van der Waals surface area contributed by atoms with Gasteiger partial charge in [0.2, 0.25) is 0 Å². The van der Waals surface area contributed by atoms with Gasteiger partial charge in [-0.05, 0) is 43.3 Å². The van der Waals surface area contributed by atoms with Crippen molar-refractivity contribution < 1.29 is 9.53 Å². The molecule has 2 atom stereocenters. The number of hydrogen-bond acceptors (Lipinski definition) is 6. The summed E-state index contributed by atoms with van der Waals surface area (Å²) >= 11 is 0. The van der Waals surface area contributed by atoms with Crippen LogP contribution in [0.15, 0.2) is 60.8 Å². The monoisotopic (exact) mass is 455 g/mol. The lowest BCUT2D eigenvalue weighted by Gasteiger charge is -2.42. The molecule has 0 bridgehead atoms. The fourth-order valence-corrected chi connectivity index (χ4v) is 5.05. The van der Waals surface area contributed by atoms with E-state index in [2.05, 4.69) is 27.8 Å². The Balaban J connectivity index is 1.24. The average molecular weight is 456 g/mol. The Labute approximate surface area is 200 Å². The number of carbonyl (C=O) groups is 1. The maximum atomic E-state index is 12.7. The van der Waals surface area contributed by atoms with Crippen LogP contribution in [0.2, 0.25) is 0 Å². The zero-order valence-corrected chi connectivity index (χ0v) is 19.4. The van der Waals surface area contributed by atoms with Gasteiger partial charge in [0.1, 0.15) is 6.07 Å². The van der Waals surface area contributed by atoms with Gasteiger partial charge in [-0.2, -0.15) is 5.26 Å². The zero-order chi connectivity index (χ0) is 23.5. The molecule has 7 heteroatoms. The summed E-state index contributed by atoms with van der Waals surface area (Å²) in [5, 5.41) is 10.5. The Morgan fingerprint density at radius 1 is 1.06 bits per heavy atom. The lowest BCUT2D eigenvalue weighted by atomic mass is 10.1. The number of morpholine rings is 1. The summed E-state index contributed by atoms with van der Waals surface area (Å²) in [5.74, 6) is 0.107. The van der Waals surface area contributed by atoms with Crippen LogP contribution in [0.3, 0.4) is 0 Å². The van der Waals surface area contributed by atoms with Gasteiger partial charge in [0, 0.05) is 68.6 Å². The SMILES string of the molecule is C[C@@H]1CN(c2ccc(C#N)c3ncccc23)C[C@H](CN2CCN(C(=O)c3ccccc3)CC2)O1. The van der Waals surface area contributed by atoms with Crippen molar-refractivity contribution >= 4 is 22.5 Å². The van der Waals surface area contributed by atoms with Crippen LogP contribution in [0.1, 0.15) is 22.8 Å². The molecule has 1 aromatic heterocycles. The molecule has 0 aliphatic carbocycles. The van der Waals surface area contributed by atoms with E-state index in [1.165, 1.54) is 0 Å². The zero-order valence-electron chi connectivity index (χ0n) is 19.4. The number of fused-ring (bicyclic) bond motifs is 1. The number of ether oxygens (including phenoxy) is 1. The van der Waals surface area contributed by atoms with Crippen molar-refractivity contribution in [3.63, 3.8) is 0 Å². The predicted molar refractivity (Wildman–Crippen MR) is 132 cm³/mol. The molecule has 2 fully saturated rings. The van der Waals surface area contributed by atoms with E-state index < -0.39 is 0 Å². The minimum Gasteiger partial charge on any atom is -0.370 e. The number of benzene rings is 2. The predicted octanol–water partition coefficient (Wildman–Crippen LogP) is 3.16. The van der Waals surface area contributed by atoms with E-state index in [-0.39, 0.29) is 18.1 Å². The van der Waals surface area contributed by atoms with E-state index in [0.29, 0.717) is 5.56 Å². The highest BCUT2D eigenvalue weighted by molar-refractivity contribution is 5.95. The Morgan fingerprint density at radius 2 is 1.85 bits per heavy atom. The minimum absolute atomic E-state index is 0.0717. The normalized spacial score (nSPS) is 21.4. The number of aromatic nitrogens is 1. The maximum Gasteiger partial charge on any atom is 0.253 e. The van der Waals surface area contributed by atoms with E-state index in [1.54, 1.807) is 6.20 Å². The van der Waals surface area contributed by atoms with Gasteiger partial charge in [0.25, 0.3) is 5.91 Å². The van der Waals surface area contributed by atoms with Crippen LogP contribution in [-0.4, -0.2) is 78.7 Å². The highest BCUT2D eigenvalue weighted by atomic mass is 16.5.